The molecular formula is C19H29N7O3. The lowest BCUT2D eigenvalue weighted by molar-refractivity contribution is 0.216. The summed E-state index contributed by atoms with van der Waals surface area (Å²) in [6.45, 7) is 9.61. The van der Waals surface area contributed by atoms with Crippen molar-refractivity contribution in [1.82, 2.24) is 24.9 Å². The first-order chi connectivity index (χ1) is 13.9. The predicted molar refractivity (Wildman–Crippen MR) is 109 cm³/mol. The van der Waals surface area contributed by atoms with Gasteiger partial charge in [-0.15, -0.1) is 4.98 Å². The highest BCUT2D eigenvalue weighted by atomic mass is 16.5. The fourth-order valence-corrected chi connectivity index (χ4v) is 3.49. The van der Waals surface area contributed by atoms with Crippen molar-refractivity contribution in [3.05, 3.63) is 18.1 Å². The maximum absolute atomic E-state index is 9.15. The molecule has 10 heteroatoms. The van der Waals surface area contributed by atoms with Crippen molar-refractivity contribution < 1.29 is 14.6 Å². The van der Waals surface area contributed by atoms with Gasteiger partial charge in [0.15, 0.2) is 0 Å². The van der Waals surface area contributed by atoms with Crippen LogP contribution in [0.15, 0.2) is 12.3 Å². The van der Waals surface area contributed by atoms with Crippen LogP contribution < -0.4 is 19.3 Å². The Bertz CT molecular complexity index is 808. The minimum Gasteiger partial charge on any atom is -0.467 e. The predicted octanol–water partition coefficient (Wildman–Crippen LogP) is 1.10. The zero-order chi connectivity index (χ0) is 21.0. The van der Waals surface area contributed by atoms with Gasteiger partial charge in [0.05, 0.1) is 19.8 Å². The number of ether oxygens (including phenoxy) is 2. The molecule has 0 saturated carbocycles. The molecular weight excluding hydrogens is 374 g/mol. The van der Waals surface area contributed by atoms with Crippen molar-refractivity contribution in [2.45, 2.75) is 52.3 Å². The zero-order valence-corrected chi connectivity index (χ0v) is 17.6. The molecule has 29 heavy (non-hydrogen) atoms. The van der Waals surface area contributed by atoms with Gasteiger partial charge in [-0.3, -0.25) is 0 Å². The Kier molecular flexibility index (Phi) is 6.63. The lowest BCUT2D eigenvalue weighted by Gasteiger charge is -2.44. The van der Waals surface area contributed by atoms with Crippen LogP contribution in [0.1, 0.15) is 33.5 Å². The van der Waals surface area contributed by atoms with Gasteiger partial charge in [-0.2, -0.15) is 9.97 Å². The lowest BCUT2D eigenvalue weighted by Crippen LogP contribution is -2.57. The Hall–Kier alpha value is -2.75. The minimum absolute atomic E-state index is 0.0338. The zero-order valence-electron chi connectivity index (χ0n) is 17.6. The number of anilines is 2. The van der Waals surface area contributed by atoms with Crippen molar-refractivity contribution >= 4 is 11.8 Å². The highest BCUT2D eigenvalue weighted by molar-refractivity contribution is 5.45. The van der Waals surface area contributed by atoms with E-state index < -0.39 is 0 Å². The van der Waals surface area contributed by atoms with Gasteiger partial charge in [0.1, 0.15) is 11.6 Å². The van der Waals surface area contributed by atoms with Crippen LogP contribution in [-0.2, 0) is 6.42 Å². The summed E-state index contributed by atoms with van der Waals surface area (Å²) in [5.41, 5.74) is 0. The summed E-state index contributed by atoms with van der Waals surface area (Å²) in [7, 11) is 1.53. The van der Waals surface area contributed by atoms with Crippen molar-refractivity contribution in [2.75, 3.05) is 36.6 Å². The molecule has 1 aliphatic rings. The Morgan fingerprint density at radius 2 is 1.79 bits per heavy atom. The SMILES string of the molecule is COc1nc(OC(C)C)nc(N2[C@H](C)CN(c3ccnc(CCO)n3)C[C@@H]2C)n1. The molecule has 2 aromatic rings. The smallest absolute Gasteiger partial charge is 0.324 e. The van der Waals surface area contributed by atoms with Gasteiger partial charge in [0.2, 0.25) is 5.95 Å². The minimum atomic E-state index is -0.0486. The standard InChI is InChI=1S/C19H29N7O3/c1-12(2)29-19-23-17(22-18(24-19)28-5)26-13(3)10-25(11-14(26)4)16-6-8-20-15(21-16)7-9-27/h6,8,12-14,27H,7,9-11H2,1-5H3/t13-,14+. The second kappa shape index (κ2) is 9.17. The van der Waals surface area contributed by atoms with Crippen LogP contribution >= 0.6 is 0 Å². The molecule has 1 saturated heterocycles. The van der Waals surface area contributed by atoms with E-state index in [0.29, 0.717) is 18.2 Å². The van der Waals surface area contributed by atoms with Gasteiger partial charge in [-0.1, -0.05) is 0 Å². The number of nitrogens with zero attached hydrogens (tertiary/aromatic N) is 7. The Labute approximate surface area is 171 Å². The Morgan fingerprint density at radius 1 is 1.10 bits per heavy atom. The topological polar surface area (TPSA) is 110 Å². The number of aromatic nitrogens is 5. The molecule has 0 bridgehead atoms. The van der Waals surface area contributed by atoms with E-state index in [-0.39, 0.29) is 36.8 Å². The van der Waals surface area contributed by atoms with E-state index in [9.17, 15) is 0 Å². The summed E-state index contributed by atoms with van der Waals surface area (Å²) in [6, 6.07) is 2.63. The molecule has 1 N–H and O–H groups in total. The van der Waals surface area contributed by atoms with Crippen molar-refractivity contribution in [3.63, 3.8) is 0 Å². The number of hydrogen-bond acceptors (Lipinski definition) is 10. The number of rotatable bonds is 7. The van der Waals surface area contributed by atoms with E-state index >= 15 is 0 Å². The van der Waals surface area contributed by atoms with Crippen molar-refractivity contribution in [2.24, 2.45) is 0 Å². The summed E-state index contributed by atoms with van der Waals surface area (Å²) in [5.74, 6) is 2.04. The van der Waals surface area contributed by atoms with Crippen molar-refractivity contribution in [1.29, 1.82) is 0 Å². The number of aliphatic hydroxyl groups excluding tert-OH is 1. The monoisotopic (exact) mass is 403 g/mol. The highest BCUT2D eigenvalue weighted by Crippen LogP contribution is 2.26. The molecule has 158 valence electrons. The number of aliphatic hydroxyl groups is 1. The first kappa shape index (κ1) is 21.0. The third-order valence-electron chi connectivity index (χ3n) is 4.61. The van der Waals surface area contributed by atoms with Crippen LogP contribution in [0.4, 0.5) is 11.8 Å². The van der Waals surface area contributed by atoms with E-state index in [0.717, 1.165) is 18.9 Å². The first-order valence-electron chi connectivity index (χ1n) is 9.84. The fraction of sp³-hybridized carbons (Fsp3) is 0.632. The summed E-state index contributed by atoms with van der Waals surface area (Å²) in [4.78, 5) is 26.3. The Morgan fingerprint density at radius 3 is 2.41 bits per heavy atom. The molecule has 3 heterocycles. The van der Waals surface area contributed by atoms with E-state index in [1.54, 1.807) is 6.20 Å². The fourth-order valence-electron chi connectivity index (χ4n) is 3.49. The molecule has 1 aliphatic heterocycles. The summed E-state index contributed by atoms with van der Waals surface area (Å²) < 4.78 is 10.9. The van der Waals surface area contributed by atoms with Crippen molar-refractivity contribution in [3.8, 4) is 12.0 Å². The maximum atomic E-state index is 9.15. The number of piperazine rings is 1. The first-order valence-corrected chi connectivity index (χ1v) is 9.84. The van der Waals surface area contributed by atoms with Crippen LogP contribution in [-0.4, -0.2) is 75.0 Å². The van der Waals surface area contributed by atoms with Gasteiger partial charge in [-0.25, -0.2) is 9.97 Å². The number of hydrogen-bond donors (Lipinski definition) is 1. The average molecular weight is 403 g/mol. The number of methoxy groups -OCH3 is 1. The quantitative estimate of drug-likeness (QED) is 0.721. The average Bonchev–Trinajstić information content (AvgIpc) is 2.67. The van der Waals surface area contributed by atoms with Gasteiger partial charge in [0, 0.05) is 37.8 Å². The molecule has 0 radical (unpaired) electrons. The Balaban J connectivity index is 1.82. The van der Waals surface area contributed by atoms with Gasteiger partial charge in [0.25, 0.3) is 0 Å². The highest BCUT2D eigenvalue weighted by Gasteiger charge is 2.33. The van der Waals surface area contributed by atoms with Crippen LogP contribution in [0, 0.1) is 0 Å². The van der Waals surface area contributed by atoms with Gasteiger partial charge in [-0.05, 0) is 33.8 Å². The summed E-state index contributed by atoms with van der Waals surface area (Å²) >= 11 is 0. The molecule has 1 fully saturated rings. The van der Waals surface area contributed by atoms with Gasteiger partial charge >= 0.3 is 12.0 Å². The third kappa shape index (κ3) is 5.00. The second-order valence-electron chi connectivity index (χ2n) is 7.39. The lowest BCUT2D eigenvalue weighted by atomic mass is 10.1. The molecule has 0 spiro atoms. The summed E-state index contributed by atoms with van der Waals surface area (Å²) in [5, 5.41) is 9.15. The van der Waals surface area contributed by atoms with Crippen LogP contribution in [0.5, 0.6) is 12.0 Å². The van der Waals surface area contributed by atoms with Gasteiger partial charge < -0.3 is 24.4 Å². The van der Waals surface area contributed by atoms with Crippen LogP contribution in [0.2, 0.25) is 0 Å². The molecule has 2 aromatic heterocycles. The molecule has 0 unspecified atom stereocenters. The van der Waals surface area contributed by atoms with E-state index in [4.69, 9.17) is 14.6 Å². The maximum Gasteiger partial charge on any atom is 0.324 e. The molecule has 10 nitrogen and oxygen atoms in total. The molecule has 2 atom stereocenters. The van der Waals surface area contributed by atoms with E-state index in [2.05, 4.69) is 48.6 Å². The third-order valence-corrected chi connectivity index (χ3v) is 4.61. The molecule has 0 aromatic carbocycles. The molecule has 3 rings (SSSR count). The summed E-state index contributed by atoms with van der Waals surface area (Å²) in [6.07, 6.45) is 2.14. The normalized spacial score (nSPS) is 19.6. The van der Waals surface area contributed by atoms with E-state index in [1.165, 1.54) is 7.11 Å². The largest absolute Gasteiger partial charge is 0.467 e. The second-order valence-corrected chi connectivity index (χ2v) is 7.39. The van der Waals surface area contributed by atoms with Crippen LogP contribution in [0.25, 0.3) is 0 Å². The van der Waals surface area contributed by atoms with Crippen LogP contribution in [0.3, 0.4) is 0 Å². The molecule has 0 aliphatic carbocycles. The van der Waals surface area contributed by atoms with E-state index in [1.807, 2.05) is 19.9 Å². The molecule has 0 amide bonds.